The highest BCUT2D eigenvalue weighted by Gasteiger charge is 2.05. The van der Waals surface area contributed by atoms with Crippen molar-refractivity contribution in [3.05, 3.63) is 10.5 Å². The standard InChI is InChI=1S/C8H13ClN2S/c1-3-6(4-2)10-8-11-7(9)5-12-8/h5-6H,3-4H2,1-2H3,(H,10,11). The van der Waals surface area contributed by atoms with Crippen LogP contribution in [0.5, 0.6) is 0 Å². The van der Waals surface area contributed by atoms with Crippen LogP contribution in [0.2, 0.25) is 5.15 Å². The van der Waals surface area contributed by atoms with Crippen LogP contribution < -0.4 is 5.32 Å². The van der Waals surface area contributed by atoms with E-state index in [1.807, 2.05) is 5.38 Å². The fourth-order valence-electron chi connectivity index (χ4n) is 0.988. The minimum atomic E-state index is 0.521. The zero-order valence-corrected chi connectivity index (χ0v) is 8.87. The van der Waals surface area contributed by atoms with E-state index in [4.69, 9.17) is 11.6 Å². The van der Waals surface area contributed by atoms with Crippen LogP contribution in [0.15, 0.2) is 5.38 Å². The minimum absolute atomic E-state index is 0.521. The topological polar surface area (TPSA) is 24.9 Å². The van der Waals surface area contributed by atoms with Crippen molar-refractivity contribution in [2.75, 3.05) is 5.32 Å². The number of hydrogen-bond acceptors (Lipinski definition) is 3. The molecule has 0 fully saturated rings. The van der Waals surface area contributed by atoms with E-state index in [9.17, 15) is 0 Å². The highest BCUT2D eigenvalue weighted by atomic mass is 35.5. The Labute approximate surface area is 82.0 Å². The Kier molecular flexibility index (Phi) is 3.82. The van der Waals surface area contributed by atoms with Crippen LogP contribution >= 0.6 is 22.9 Å². The van der Waals surface area contributed by atoms with Crippen molar-refractivity contribution in [1.82, 2.24) is 4.98 Å². The maximum atomic E-state index is 5.69. The molecule has 0 aliphatic carbocycles. The molecule has 0 saturated carbocycles. The number of nitrogens with zero attached hydrogens (tertiary/aromatic N) is 1. The quantitative estimate of drug-likeness (QED) is 0.813. The van der Waals surface area contributed by atoms with Crippen LogP contribution in [0, 0.1) is 0 Å². The van der Waals surface area contributed by atoms with Gasteiger partial charge in [0.2, 0.25) is 0 Å². The number of anilines is 1. The minimum Gasteiger partial charge on any atom is -0.359 e. The molecule has 2 nitrogen and oxygen atoms in total. The normalized spacial score (nSPS) is 10.7. The molecule has 0 unspecified atom stereocenters. The van der Waals surface area contributed by atoms with E-state index < -0.39 is 0 Å². The lowest BCUT2D eigenvalue weighted by Gasteiger charge is -2.12. The average Bonchev–Trinajstić information content (AvgIpc) is 2.47. The summed E-state index contributed by atoms with van der Waals surface area (Å²) in [5, 5.41) is 6.66. The molecule has 4 heteroatoms. The molecule has 0 amide bonds. The zero-order valence-electron chi connectivity index (χ0n) is 7.30. The van der Waals surface area contributed by atoms with Gasteiger partial charge < -0.3 is 5.32 Å². The molecule has 68 valence electrons. The monoisotopic (exact) mass is 204 g/mol. The van der Waals surface area contributed by atoms with Gasteiger partial charge in [0, 0.05) is 11.4 Å². The molecule has 1 rings (SSSR count). The fourth-order valence-corrected chi connectivity index (χ4v) is 1.90. The fraction of sp³-hybridized carbons (Fsp3) is 0.625. The maximum absolute atomic E-state index is 5.69. The summed E-state index contributed by atoms with van der Waals surface area (Å²) in [5.41, 5.74) is 0. The molecule has 0 bridgehead atoms. The molecule has 1 aromatic heterocycles. The maximum Gasteiger partial charge on any atom is 0.184 e. The van der Waals surface area contributed by atoms with Crippen molar-refractivity contribution in [3.63, 3.8) is 0 Å². The summed E-state index contributed by atoms with van der Waals surface area (Å²) >= 11 is 7.24. The van der Waals surface area contributed by atoms with Gasteiger partial charge in [0.1, 0.15) is 5.15 Å². The van der Waals surface area contributed by atoms with Crippen LogP contribution in [0.3, 0.4) is 0 Å². The van der Waals surface area contributed by atoms with Crippen molar-refractivity contribution >= 4 is 28.1 Å². The summed E-state index contributed by atoms with van der Waals surface area (Å²) in [5.74, 6) is 0. The third kappa shape index (κ3) is 2.64. The summed E-state index contributed by atoms with van der Waals surface area (Å²) in [6.45, 7) is 4.33. The summed E-state index contributed by atoms with van der Waals surface area (Å²) in [6.07, 6.45) is 2.24. The second-order valence-corrected chi connectivity index (χ2v) is 3.88. The molecule has 0 aliphatic heterocycles. The van der Waals surface area contributed by atoms with Crippen LogP contribution in [0.1, 0.15) is 26.7 Å². The van der Waals surface area contributed by atoms with E-state index >= 15 is 0 Å². The molecule has 0 spiro atoms. The largest absolute Gasteiger partial charge is 0.359 e. The third-order valence-corrected chi connectivity index (χ3v) is 2.89. The third-order valence-electron chi connectivity index (χ3n) is 1.79. The van der Waals surface area contributed by atoms with E-state index in [1.54, 1.807) is 11.3 Å². The van der Waals surface area contributed by atoms with Gasteiger partial charge in [-0.25, -0.2) is 4.98 Å². The molecular formula is C8H13ClN2S. The smallest absolute Gasteiger partial charge is 0.184 e. The van der Waals surface area contributed by atoms with Gasteiger partial charge in [0.25, 0.3) is 0 Å². The van der Waals surface area contributed by atoms with Crippen LogP contribution in [-0.2, 0) is 0 Å². The molecule has 1 heterocycles. The van der Waals surface area contributed by atoms with Crippen molar-refractivity contribution in [1.29, 1.82) is 0 Å². The second-order valence-electron chi connectivity index (χ2n) is 2.63. The average molecular weight is 205 g/mol. The Morgan fingerprint density at radius 1 is 1.58 bits per heavy atom. The van der Waals surface area contributed by atoms with Gasteiger partial charge in [0.05, 0.1) is 0 Å². The first-order valence-electron chi connectivity index (χ1n) is 4.13. The zero-order chi connectivity index (χ0) is 8.97. The number of halogens is 1. The summed E-state index contributed by atoms with van der Waals surface area (Å²) in [6, 6.07) is 0.521. The molecule has 0 aliphatic rings. The summed E-state index contributed by atoms with van der Waals surface area (Å²) < 4.78 is 0. The van der Waals surface area contributed by atoms with Crippen molar-refractivity contribution in [2.24, 2.45) is 0 Å². The summed E-state index contributed by atoms with van der Waals surface area (Å²) in [7, 11) is 0. The predicted molar refractivity (Wildman–Crippen MR) is 55.1 cm³/mol. The Morgan fingerprint density at radius 3 is 2.67 bits per heavy atom. The van der Waals surface area contributed by atoms with Gasteiger partial charge >= 0.3 is 0 Å². The van der Waals surface area contributed by atoms with Crippen molar-refractivity contribution < 1.29 is 0 Å². The molecular weight excluding hydrogens is 192 g/mol. The van der Waals surface area contributed by atoms with Crippen LogP contribution in [0.4, 0.5) is 5.13 Å². The first-order chi connectivity index (χ1) is 5.76. The number of thiazole rings is 1. The molecule has 1 aromatic rings. The Morgan fingerprint density at radius 2 is 2.25 bits per heavy atom. The van der Waals surface area contributed by atoms with Crippen LogP contribution in [0.25, 0.3) is 0 Å². The lowest BCUT2D eigenvalue weighted by Crippen LogP contribution is -2.16. The number of aromatic nitrogens is 1. The van der Waals surface area contributed by atoms with Gasteiger partial charge in [-0.15, -0.1) is 11.3 Å². The van der Waals surface area contributed by atoms with Gasteiger partial charge in [-0.05, 0) is 12.8 Å². The lowest BCUT2D eigenvalue weighted by molar-refractivity contribution is 0.671. The predicted octanol–water partition coefficient (Wildman–Crippen LogP) is 3.40. The molecule has 0 radical (unpaired) electrons. The van der Waals surface area contributed by atoms with E-state index in [-0.39, 0.29) is 0 Å². The Bertz CT molecular complexity index is 233. The molecule has 1 N–H and O–H groups in total. The highest BCUT2D eigenvalue weighted by Crippen LogP contribution is 2.20. The Balaban J connectivity index is 2.50. The number of nitrogens with one attached hydrogen (secondary N) is 1. The molecule has 12 heavy (non-hydrogen) atoms. The van der Waals surface area contributed by atoms with Gasteiger partial charge in [-0.2, -0.15) is 0 Å². The van der Waals surface area contributed by atoms with Crippen molar-refractivity contribution in [3.8, 4) is 0 Å². The van der Waals surface area contributed by atoms with Crippen LogP contribution in [-0.4, -0.2) is 11.0 Å². The molecule has 0 aromatic carbocycles. The first kappa shape index (κ1) is 9.81. The Hall–Kier alpha value is -0.280. The van der Waals surface area contributed by atoms with Gasteiger partial charge in [-0.3, -0.25) is 0 Å². The molecule has 0 saturated heterocycles. The van der Waals surface area contributed by atoms with Crippen molar-refractivity contribution in [2.45, 2.75) is 32.7 Å². The van der Waals surface area contributed by atoms with Gasteiger partial charge in [0.15, 0.2) is 5.13 Å². The second kappa shape index (κ2) is 4.67. The van der Waals surface area contributed by atoms with E-state index in [0.29, 0.717) is 11.2 Å². The SMILES string of the molecule is CCC(CC)Nc1nc(Cl)cs1. The first-order valence-corrected chi connectivity index (χ1v) is 5.39. The number of rotatable bonds is 4. The summed E-state index contributed by atoms with van der Waals surface area (Å²) in [4.78, 5) is 4.12. The van der Waals surface area contributed by atoms with Gasteiger partial charge in [-0.1, -0.05) is 25.4 Å². The lowest BCUT2D eigenvalue weighted by atomic mass is 10.2. The van der Waals surface area contributed by atoms with E-state index in [0.717, 1.165) is 18.0 Å². The highest BCUT2D eigenvalue weighted by molar-refractivity contribution is 7.14. The van der Waals surface area contributed by atoms with E-state index in [1.165, 1.54) is 0 Å². The number of hydrogen-bond donors (Lipinski definition) is 1. The van der Waals surface area contributed by atoms with E-state index in [2.05, 4.69) is 24.1 Å². The molecule has 0 atom stereocenters.